The molecule has 6 rings (SSSR count). The van der Waals surface area contributed by atoms with Crippen LogP contribution in [0.1, 0.15) is 83.6 Å². The monoisotopic (exact) mass is 1020 g/mol. The average molecular weight is 1020 g/mol. The van der Waals surface area contributed by atoms with E-state index in [4.69, 9.17) is 15.2 Å². The van der Waals surface area contributed by atoms with Crippen molar-refractivity contribution in [3.05, 3.63) is 48.8 Å². The number of nitrogens with zero attached hydrogens (tertiary/aromatic N) is 6. The largest absolute Gasteiger partial charge is 0.447 e. The van der Waals surface area contributed by atoms with Gasteiger partial charge in [0.25, 0.3) is 0 Å². The van der Waals surface area contributed by atoms with Gasteiger partial charge in [0.2, 0.25) is 26.0 Å². The van der Waals surface area contributed by atoms with E-state index >= 15 is 0 Å². The molecule has 2 saturated heterocycles. The first kappa shape index (κ1) is 55.5. The zero-order chi connectivity index (χ0) is 49.6. The molecule has 5 N–H and O–H groups in total. The summed E-state index contributed by atoms with van der Waals surface area (Å²) in [6.45, 7) is 23.9. The van der Waals surface area contributed by atoms with E-state index in [0.717, 1.165) is 15.1 Å². The number of anilines is 4. The third kappa shape index (κ3) is 15.5. The molecule has 23 heteroatoms. The summed E-state index contributed by atoms with van der Waals surface area (Å²) in [5.41, 5.74) is 6.41. The van der Waals surface area contributed by atoms with Crippen LogP contribution < -0.4 is 30.3 Å². The standard InChI is InChI=1S/C23H33N5O5S2.C21H31N5O4S2.CH4/c1-15(2)33-22(30)28-11-9-27(10-12-28)21-24-14-19(34-21)18-8-7-17(25-16(3)29)13-20(18)35(31,32)26-23(4,5)6;1-14(2)30-20(27)26-10-8-25(9-11-26)19-23-13-17(31-19)16-7-6-15(22)12-18(16)32(28,29)24-21(3,4)5;/h7-8,13-15,26H,9-12H2,1-6H3,(H,25,29);6-7,12-14,24H,8-11,22H2,1-5H3;1H4. The van der Waals surface area contributed by atoms with Crippen LogP contribution in [0, 0.1) is 0 Å². The van der Waals surface area contributed by atoms with Crippen molar-refractivity contribution in [2.75, 3.05) is 73.2 Å². The van der Waals surface area contributed by atoms with Gasteiger partial charge in [-0.2, -0.15) is 0 Å². The molecule has 0 spiro atoms. The van der Waals surface area contributed by atoms with E-state index in [9.17, 15) is 31.2 Å². The number of amides is 3. The molecule has 0 radical (unpaired) electrons. The van der Waals surface area contributed by atoms with Crippen LogP contribution in [-0.4, -0.2) is 130 Å². The van der Waals surface area contributed by atoms with Gasteiger partial charge in [0.05, 0.1) is 31.8 Å². The highest BCUT2D eigenvalue weighted by molar-refractivity contribution is 7.90. The lowest BCUT2D eigenvalue weighted by Gasteiger charge is -2.34. The Morgan fingerprint density at radius 1 is 0.647 bits per heavy atom. The maximum atomic E-state index is 13.3. The second-order valence-electron chi connectivity index (χ2n) is 18.7. The van der Waals surface area contributed by atoms with Crippen LogP contribution in [0.25, 0.3) is 20.9 Å². The number of carbonyl (C=O) groups is 3. The highest BCUT2D eigenvalue weighted by Crippen LogP contribution is 2.38. The molecule has 4 aromatic rings. The molecule has 0 atom stereocenters. The number of nitrogen functional groups attached to an aromatic ring is 1. The van der Waals surface area contributed by atoms with E-state index in [-0.39, 0.29) is 47.5 Å². The number of carbonyl (C=O) groups excluding carboxylic acids is 3. The van der Waals surface area contributed by atoms with E-state index in [1.807, 2.05) is 27.7 Å². The fraction of sp³-hybridized carbons (Fsp3) is 0.533. The summed E-state index contributed by atoms with van der Waals surface area (Å²) in [5.74, 6) is -0.290. The number of sulfonamides is 2. The Kier molecular flexibility index (Phi) is 18.4. The lowest BCUT2D eigenvalue weighted by molar-refractivity contribution is -0.114. The van der Waals surface area contributed by atoms with Crippen molar-refractivity contribution in [2.24, 2.45) is 0 Å². The second kappa shape index (κ2) is 22.6. The smallest absolute Gasteiger partial charge is 0.410 e. The van der Waals surface area contributed by atoms with E-state index in [1.54, 1.807) is 88.0 Å². The summed E-state index contributed by atoms with van der Waals surface area (Å²) < 4.78 is 68.5. The molecule has 0 unspecified atom stereocenters. The van der Waals surface area contributed by atoms with Crippen molar-refractivity contribution < 1.29 is 40.7 Å². The van der Waals surface area contributed by atoms with Gasteiger partial charge in [0.1, 0.15) is 0 Å². The molecule has 19 nitrogen and oxygen atoms in total. The Morgan fingerprint density at radius 2 is 1.03 bits per heavy atom. The van der Waals surface area contributed by atoms with E-state index < -0.39 is 31.1 Å². The third-order valence-electron chi connectivity index (χ3n) is 9.58. The lowest BCUT2D eigenvalue weighted by atomic mass is 10.1. The zero-order valence-corrected chi connectivity index (χ0v) is 43.3. The van der Waals surface area contributed by atoms with Crippen molar-refractivity contribution in [1.29, 1.82) is 0 Å². The number of nitrogens with two attached hydrogens (primary N) is 1. The molecular formula is C45H68N10O9S4. The number of ether oxygens (including phenoxy) is 2. The predicted octanol–water partition coefficient (Wildman–Crippen LogP) is 7.28. The fourth-order valence-corrected chi connectivity index (χ4v) is 12.4. The molecule has 376 valence electrons. The van der Waals surface area contributed by atoms with Crippen molar-refractivity contribution in [2.45, 2.75) is 117 Å². The van der Waals surface area contributed by atoms with E-state index in [1.165, 1.54) is 41.7 Å². The lowest BCUT2D eigenvalue weighted by Crippen LogP contribution is -2.49. The molecule has 2 aromatic heterocycles. The summed E-state index contributed by atoms with van der Waals surface area (Å²) in [6, 6.07) is 9.68. The molecule has 2 aromatic carbocycles. The molecule has 2 aliphatic rings. The maximum Gasteiger partial charge on any atom is 0.410 e. The molecular weight excluding hydrogens is 953 g/mol. The van der Waals surface area contributed by atoms with Crippen molar-refractivity contribution >= 4 is 82.5 Å². The molecule has 2 fully saturated rings. The molecule has 2 aliphatic heterocycles. The van der Waals surface area contributed by atoms with Crippen LogP contribution in [0.4, 0.5) is 31.2 Å². The van der Waals surface area contributed by atoms with Crippen LogP contribution in [0.5, 0.6) is 0 Å². The van der Waals surface area contributed by atoms with Gasteiger partial charge in [-0.15, -0.1) is 0 Å². The Balaban J connectivity index is 0.000000293. The zero-order valence-electron chi connectivity index (χ0n) is 40.0. The normalized spacial score (nSPS) is 14.8. The maximum absolute atomic E-state index is 13.3. The second-order valence-corrected chi connectivity index (χ2v) is 24.0. The van der Waals surface area contributed by atoms with Gasteiger partial charge in [0.15, 0.2) is 10.3 Å². The summed E-state index contributed by atoms with van der Waals surface area (Å²) >= 11 is 2.80. The van der Waals surface area contributed by atoms with Crippen LogP contribution in [0.15, 0.2) is 58.6 Å². The molecule has 0 bridgehead atoms. The summed E-state index contributed by atoms with van der Waals surface area (Å²) in [5, 5.41) is 4.17. The van der Waals surface area contributed by atoms with Crippen LogP contribution in [0.3, 0.4) is 0 Å². The van der Waals surface area contributed by atoms with Crippen LogP contribution in [-0.2, 0) is 34.3 Å². The Bertz CT molecular complexity index is 2610. The summed E-state index contributed by atoms with van der Waals surface area (Å²) in [7, 11) is -7.68. The Hall–Kier alpha value is -5.07. The number of thiazole rings is 2. The van der Waals surface area contributed by atoms with Crippen molar-refractivity contribution in [1.82, 2.24) is 29.2 Å². The number of hydrogen-bond acceptors (Lipinski definition) is 16. The Labute approximate surface area is 409 Å². The van der Waals surface area contributed by atoms with Crippen molar-refractivity contribution in [3.8, 4) is 20.9 Å². The number of aromatic nitrogens is 2. The Morgan fingerprint density at radius 3 is 1.40 bits per heavy atom. The first-order chi connectivity index (χ1) is 31.1. The van der Waals surface area contributed by atoms with Gasteiger partial charge < -0.3 is 40.1 Å². The number of benzene rings is 2. The predicted molar refractivity (Wildman–Crippen MR) is 272 cm³/mol. The first-order valence-corrected chi connectivity index (χ1v) is 26.4. The SMILES string of the molecule is C.CC(=O)Nc1ccc(-c2cnc(N3CCN(C(=O)OC(C)C)CC3)s2)c(S(=O)(=O)NC(C)(C)C)c1.CC(C)OC(=O)N1CCN(c2ncc(-c3ccc(N)cc3S(=O)(=O)NC(C)(C)C)s2)CC1. The number of piperazine rings is 2. The third-order valence-corrected chi connectivity index (χ3v) is 15.4. The molecule has 0 aliphatic carbocycles. The number of hydrogen-bond donors (Lipinski definition) is 4. The van der Waals surface area contributed by atoms with Gasteiger partial charge in [-0.25, -0.2) is 45.8 Å². The quantitative estimate of drug-likeness (QED) is 0.108. The molecule has 0 saturated carbocycles. The summed E-state index contributed by atoms with van der Waals surface area (Å²) in [6.07, 6.45) is 2.39. The van der Waals surface area contributed by atoms with Gasteiger partial charge >= 0.3 is 12.2 Å². The first-order valence-electron chi connectivity index (χ1n) is 21.8. The highest BCUT2D eigenvalue weighted by atomic mass is 32.2. The van der Waals surface area contributed by atoms with Crippen LogP contribution in [0.2, 0.25) is 0 Å². The molecule has 3 amide bonds. The van der Waals surface area contributed by atoms with Crippen molar-refractivity contribution in [3.63, 3.8) is 0 Å². The van der Waals surface area contributed by atoms with Gasteiger partial charge in [-0.05, 0) is 93.5 Å². The number of rotatable bonds is 11. The van der Waals surface area contributed by atoms with Gasteiger partial charge in [-0.3, -0.25) is 4.79 Å². The average Bonchev–Trinajstić information content (AvgIpc) is 3.90. The minimum absolute atomic E-state index is 0. The fourth-order valence-electron chi connectivity index (χ4n) is 6.89. The number of nitrogens with one attached hydrogen (secondary N) is 3. The van der Waals surface area contributed by atoms with Gasteiger partial charge in [-0.1, -0.05) is 42.2 Å². The minimum Gasteiger partial charge on any atom is -0.447 e. The minimum atomic E-state index is -3.89. The topological polar surface area (TPSA) is 239 Å². The van der Waals surface area contributed by atoms with E-state index in [2.05, 4.69) is 34.5 Å². The van der Waals surface area contributed by atoms with E-state index in [0.29, 0.717) is 79.7 Å². The van der Waals surface area contributed by atoms with Crippen LogP contribution >= 0.6 is 22.7 Å². The van der Waals surface area contributed by atoms with Gasteiger partial charge in [0, 0.05) is 105 Å². The summed E-state index contributed by atoms with van der Waals surface area (Å²) in [4.78, 5) is 54.0. The highest BCUT2D eigenvalue weighted by Gasteiger charge is 2.30. The molecule has 68 heavy (non-hydrogen) atoms. The molecule has 4 heterocycles.